The second-order valence-corrected chi connectivity index (χ2v) is 8.68. The van der Waals surface area contributed by atoms with Crippen LogP contribution in [0.1, 0.15) is 39.2 Å². The molecule has 1 N–H and O–H groups in total. The van der Waals surface area contributed by atoms with Crippen molar-refractivity contribution in [1.82, 2.24) is 9.66 Å². The normalized spacial score (nSPS) is 11.7. The summed E-state index contributed by atoms with van der Waals surface area (Å²) in [4.78, 5) is 30.5. The largest absolute Gasteiger partial charge is 0.354 e. The smallest absolute Gasteiger partial charge is 0.197 e. The van der Waals surface area contributed by atoms with Crippen molar-refractivity contribution in [3.05, 3.63) is 80.6 Å². The van der Waals surface area contributed by atoms with Crippen LogP contribution in [0.2, 0.25) is 0 Å². The van der Waals surface area contributed by atoms with Gasteiger partial charge < -0.3 is 9.99 Å². The molecule has 0 aliphatic carbocycles. The number of pyridine rings is 2. The molecule has 168 valence electrons. The van der Waals surface area contributed by atoms with E-state index in [9.17, 15) is 9.59 Å². The highest BCUT2D eigenvalue weighted by molar-refractivity contribution is 6.03. The fourth-order valence-electron chi connectivity index (χ4n) is 5.01. The van der Waals surface area contributed by atoms with Crippen molar-refractivity contribution < 1.29 is 0 Å². The second kappa shape index (κ2) is 8.39. The molecule has 0 aliphatic heterocycles. The number of nitrogens with zero attached hydrogens (tertiary/aromatic N) is 2. The van der Waals surface area contributed by atoms with Crippen LogP contribution in [0.5, 0.6) is 0 Å². The fourth-order valence-corrected chi connectivity index (χ4v) is 5.01. The maximum Gasteiger partial charge on any atom is 0.197 e. The van der Waals surface area contributed by atoms with Crippen LogP contribution < -0.4 is 15.9 Å². The van der Waals surface area contributed by atoms with E-state index in [1.165, 1.54) is 0 Å². The number of rotatable bonds is 6. The molecule has 0 atom stereocenters. The van der Waals surface area contributed by atoms with Crippen LogP contribution in [0.4, 0.5) is 0 Å². The molecule has 5 aromatic rings. The van der Waals surface area contributed by atoms with E-state index in [-0.39, 0.29) is 10.9 Å². The van der Waals surface area contributed by atoms with Crippen LogP contribution in [0.15, 0.2) is 64.2 Å². The first-order valence-corrected chi connectivity index (χ1v) is 11.9. The zero-order valence-corrected chi connectivity index (χ0v) is 19.4. The molecule has 0 amide bonds. The lowest BCUT2D eigenvalue weighted by Gasteiger charge is -2.31. The number of fused-ring (bicyclic) bond motifs is 4. The minimum atomic E-state index is -0.0124. The molecule has 2 aromatic heterocycles. The van der Waals surface area contributed by atoms with Crippen molar-refractivity contribution in [3.63, 3.8) is 0 Å². The molecule has 0 radical (unpaired) electrons. The second-order valence-electron chi connectivity index (χ2n) is 8.68. The van der Waals surface area contributed by atoms with Gasteiger partial charge in [0.15, 0.2) is 10.9 Å². The zero-order chi connectivity index (χ0) is 23.1. The van der Waals surface area contributed by atoms with Gasteiger partial charge >= 0.3 is 0 Å². The number of aromatic amines is 1. The number of hydrogen-bond acceptors (Lipinski definition) is 3. The predicted octanol–water partition coefficient (Wildman–Crippen LogP) is 5.47. The molecule has 0 saturated carbocycles. The Labute approximate surface area is 192 Å². The van der Waals surface area contributed by atoms with Gasteiger partial charge in [-0.1, -0.05) is 45.0 Å². The number of nitrogens with one attached hydrogen (secondary N) is 1. The van der Waals surface area contributed by atoms with Crippen molar-refractivity contribution in [3.8, 4) is 0 Å². The van der Waals surface area contributed by atoms with E-state index < -0.39 is 0 Å². The molecule has 5 heteroatoms. The van der Waals surface area contributed by atoms with Gasteiger partial charge in [0.2, 0.25) is 0 Å². The van der Waals surface area contributed by atoms with E-state index >= 15 is 0 Å². The van der Waals surface area contributed by atoms with E-state index in [0.717, 1.165) is 59.9 Å². The Morgan fingerprint density at radius 1 is 0.758 bits per heavy atom. The van der Waals surface area contributed by atoms with Gasteiger partial charge in [-0.3, -0.25) is 14.3 Å². The predicted molar refractivity (Wildman–Crippen MR) is 139 cm³/mol. The number of hydrogen-bond donors (Lipinski definition) is 1. The van der Waals surface area contributed by atoms with Crippen LogP contribution >= 0.6 is 0 Å². The Kier molecular flexibility index (Phi) is 5.41. The molecular formula is C28H29N3O2. The minimum Gasteiger partial charge on any atom is -0.354 e. The lowest BCUT2D eigenvalue weighted by molar-refractivity contribution is 0.594. The van der Waals surface area contributed by atoms with Crippen molar-refractivity contribution in [2.45, 2.75) is 40.0 Å². The van der Waals surface area contributed by atoms with Gasteiger partial charge in [-0.15, -0.1) is 0 Å². The Morgan fingerprint density at radius 3 is 2.18 bits per heavy atom. The van der Waals surface area contributed by atoms with E-state index in [4.69, 9.17) is 0 Å². The fraction of sp³-hybridized carbons (Fsp3) is 0.286. The monoisotopic (exact) mass is 439 g/mol. The average molecular weight is 440 g/mol. The summed E-state index contributed by atoms with van der Waals surface area (Å²) in [5.41, 5.74) is 4.36. The maximum atomic E-state index is 13.7. The lowest BCUT2D eigenvalue weighted by Crippen LogP contribution is -2.38. The van der Waals surface area contributed by atoms with Crippen molar-refractivity contribution in [2.24, 2.45) is 0 Å². The van der Waals surface area contributed by atoms with Crippen LogP contribution in [0.25, 0.3) is 43.6 Å². The average Bonchev–Trinajstić information content (AvgIpc) is 2.84. The number of H-pyrrole nitrogens is 1. The molecule has 5 rings (SSSR count). The van der Waals surface area contributed by atoms with Gasteiger partial charge in [0.25, 0.3) is 0 Å². The van der Waals surface area contributed by atoms with E-state index in [1.54, 1.807) is 0 Å². The number of aromatic nitrogens is 2. The number of benzene rings is 3. The molecular weight excluding hydrogens is 410 g/mol. The third-order valence-electron chi connectivity index (χ3n) is 6.50. The molecule has 2 heterocycles. The topological polar surface area (TPSA) is 58.1 Å². The standard InChI is InChI=1S/C28H29N3O2/c1-4-14-30(15-5-2)31-25-17-21-24(29-23-13-8-7-11-19(23)27(21)32)16-22(25)28(33)20-12-9-10-18(6-3)26(20)31/h7-13,16-17H,4-6,14-15H2,1-3H3,(H,29,32). The molecule has 0 bridgehead atoms. The first kappa shape index (κ1) is 21.3. The molecule has 0 unspecified atom stereocenters. The Morgan fingerprint density at radius 2 is 1.45 bits per heavy atom. The molecule has 5 nitrogen and oxygen atoms in total. The highest BCUT2D eigenvalue weighted by atomic mass is 16.1. The summed E-state index contributed by atoms with van der Waals surface area (Å²) in [6.45, 7) is 8.19. The summed E-state index contributed by atoms with van der Waals surface area (Å²) in [6, 6.07) is 17.3. The highest BCUT2D eigenvalue weighted by Crippen LogP contribution is 2.27. The van der Waals surface area contributed by atoms with Gasteiger partial charge in [0.05, 0.1) is 21.9 Å². The van der Waals surface area contributed by atoms with Crippen LogP contribution in [-0.4, -0.2) is 22.7 Å². The van der Waals surface area contributed by atoms with E-state index in [2.05, 4.69) is 41.5 Å². The van der Waals surface area contributed by atoms with Gasteiger partial charge in [0, 0.05) is 34.8 Å². The molecule has 3 aromatic carbocycles. The van der Waals surface area contributed by atoms with E-state index in [0.29, 0.717) is 21.7 Å². The van der Waals surface area contributed by atoms with Crippen molar-refractivity contribution in [2.75, 3.05) is 18.1 Å². The van der Waals surface area contributed by atoms with Crippen molar-refractivity contribution in [1.29, 1.82) is 0 Å². The molecule has 0 fully saturated rings. The maximum absolute atomic E-state index is 13.7. The van der Waals surface area contributed by atoms with E-state index in [1.807, 2.05) is 48.5 Å². The molecule has 0 saturated heterocycles. The minimum absolute atomic E-state index is 0.00963. The third kappa shape index (κ3) is 3.30. The SMILES string of the molecule is CCCN(CCC)n1c2cc3c(=O)c4ccccc4[nH]c3cc2c(=O)c2cccc(CC)c21. The first-order valence-electron chi connectivity index (χ1n) is 11.9. The summed E-state index contributed by atoms with van der Waals surface area (Å²) < 4.78 is 2.21. The Bertz CT molecular complexity index is 1620. The van der Waals surface area contributed by atoms with Crippen LogP contribution in [-0.2, 0) is 6.42 Å². The summed E-state index contributed by atoms with van der Waals surface area (Å²) >= 11 is 0. The van der Waals surface area contributed by atoms with Crippen molar-refractivity contribution >= 4 is 43.6 Å². The lowest BCUT2D eigenvalue weighted by atomic mass is 10.0. The van der Waals surface area contributed by atoms with Crippen LogP contribution in [0, 0.1) is 0 Å². The highest BCUT2D eigenvalue weighted by Gasteiger charge is 2.19. The third-order valence-corrected chi connectivity index (χ3v) is 6.50. The summed E-state index contributed by atoms with van der Waals surface area (Å²) in [6.07, 6.45) is 2.80. The first-order chi connectivity index (χ1) is 16.1. The van der Waals surface area contributed by atoms with Gasteiger partial charge in [-0.05, 0) is 55.2 Å². The number of aryl methyl sites for hydroxylation is 1. The summed E-state index contributed by atoms with van der Waals surface area (Å²) in [7, 11) is 0. The summed E-state index contributed by atoms with van der Waals surface area (Å²) in [5.74, 6) is 0. The van der Waals surface area contributed by atoms with Gasteiger partial charge in [-0.2, -0.15) is 0 Å². The van der Waals surface area contributed by atoms with Crippen LogP contribution in [0.3, 0.4) is 0 Å². The molecule has 33 heavy (non-hydrogen) atoms. The van der Waals surface area contributed by atoms with Gasteiger partial charge in [-0.25, -0.2) is 0 Å². The number of para-hydroxylation sites is 2. The quantitative estimate of drug-likeness (QED) is 0.357. The summed E-state index contributed by atoms with van der Waals surface area (Å²) in [5, 5.41) is 4.94. The Balaban J connectivity index is 2.03. The Hall–Kier alpha value is -3.60. The molecule has 0 spiro atoms. The zero-order valence-electron chi connectivity index (χ0n) is 19.4. The molecule has 0 aliphatic rings. The van der Waals surface area contributed by atoms with Gasteiger partial charge in [0.1, 0.15) is 0 Å².